The Balaban J connectivity index is 1.91. The summed E-state index contributed by atoms with van der Waals surface area (Å²) in [6.45, 7) is 6.01. The van der Waals surface area contributed by atoms with Crippen LogP contribution in [0.3, 0.4) is 0 Å². The highest BCUT2D eigenvalue weighted by Crippen LogP contribution is 2.29. The van der Waals surface area contributed by atoms with E-state index in [9.17, 15) is 4.79 Å². The highest BCUT2D eigenvalue weighted by molar-refractivity contribution is 7.22. The first kappa shape index (κ1) is 13.8. The zero-order chi connectivity index (χ0) is 15.1. The predicted octanol–water partition coefficient (Wildman–Crippen LogP) is 3.21. The first-order chi connectivity index (χ1) is 9.94. The molecule has 0 bridgehead atoms. The molecule has 21 heavy (non-hydrogen) atoms. The lowest BCUT2D eigenvalue weighted by atomic mass is 10.1. The van der Waals surface area contributed by atoms with Gasteiger partial charge in [-0.15, -0.1) is 0 Å². The molecule has 108 valence electrons. The fraction of sp³-hybridized carbons (Fsp3) is 0.267. The van der Waals surface area contributed by atoms with Crippen LogP contribution in [-0.2, 0) is 7.05 Å². The highest BCUT2D eigenvalue weighted by atomic mass is 32.1. The third-order valence-electron chi connectivity index (χ3n) is 3.39. The van der Waals surface area contributed by atoms with Crippen LogP contribution >= 0.6 is 11.3 Å². The minimum Gasteiger partial charge on any atom is -0.296 e. The average molecular weight is 300 g/mol. The van der Waals surface area contributed by atoms with E-state index in [0.29, 0.717) is 10.8 Å². The van der Waals surface area contributed by atoms with Gasteiger partial charge < -0.3 is 0 Å². The maximum Gasteiger partial charge on any atom is 0.277 e. The third-order valence-corrected chi connectivity index (χ3v) is 4.51. The molecule has 3 rings (SSSR count). The van der Waals surface area contributed by atoms with Gasteiger partial charge in [0.1, 0.15) is 0 Å². The SMILES string of the molecule is Cc1cc(C)c2sc(NC(=O)c3cc(C)n(C)n3)nc2c1. The summed E-state index contributed by atoms with van der Waals surface area (Å²) in [6, 6.07) is 5.91. The van der Waals surface area contributed by atoms with Crippen molar-refractivity contribution in [2.75, 3.05) is 5.32 Å². The van der Waals surface area contributed by atoms with Crippen LogP contribution in [0.15, 0.2) is 18.2 Å². The number of hydrogen-bond acceptors (Lipinski definition) is 4. The molecule has 0 aliphatic heterocycles. The van der Waals surface area contributed by atoms with E-state index in [4.69, 9.17) is 0 Å². The summed E-state index contributed by atoms with van der Waals surface area (Å²) >= 11 is 1.49. The van der Waals surface area contributed by atoms with Gasteiger partial charge in [0.2, 0.25) is 0 Å². The summed E-state index contributed by atoms with van der Waals surface area (Å²) in [5, 5.41) is 7.60. The molecule has 1 N–H and O–H groups in total. The van der Waals surface area contributed by atoms with Gasteiger partial charge in [0.25, 0.3) is 5.91 Å². The summed E-state index contributed by atoms with van der Waals surface area (Å²) < 4.78 is 2.79. The lowest BCUT2D eigenvalue weighted by Gasteiger charge is -1.96. The van der Waals surface area contributed by atoms with Gasteiger partial charge in [-0.25, -0.2) is 4.98 Å². The summed E-state index contributed by atoms with van der Waals surface area (Å²) in [7, 11) is 1.82. The van der Waals surface area contributed by atoms with Crippen molar-refractivity contribution in [1.82, 2.24) is 14.8 Å². The Morgan fingerprint density at radius 3 is 2.67 bits per heavy atom. The number of benzene rings is 1. The Kier molecular flexibility index (Phi) is 3.25. The van der Waals surface area contributed by atoms with Gasteiger partial charge >= 0.3 is 0 Å². The summed E-state index contributed by atoms with van der Waals surface area (Å²) in [5.74, 6) is -0.230. The van der Waals surface area contributed by atoms with Crippen LogP contribution in [0.2, 0.25) is 0 Å². The molecule has 0 aliphatic rings. The molecule has 2 heterocycles. The van der Waals surface area contributed by atoms with E-state index < -0.39 is 0 Å². The number of nitrogens with one attached hydrogen (secondary N) is 1. The molecule has 6 heteroatoms. The number of aryl methyl sites for hydroxylation is 4. The Morgan fingerprint density at radius 1 is 1.24 bits per heavy atom. The fourth-order valence-corrected chi connectivity index (χ4v) is 3.17. The largest absolute Gasteiger partial charge is 0.296 e. The van der Waals surface area contributed by atoms with Crippen molar-refractivity contribution in [3.05, 3.63) is 40.7 Å². The number of hydrogen-bond donors (Lipinski definition) is 1. The number of carbonyl (C=O) groups is 1. The van der Waals surface area contributed by atoms with Crippen molar-refractivity contribution in [3.8, 4) is 0 Å². The fourth-order valence-electron chi connectivity index (χ4n) is 2.26. The number of aromatic nitrogens is 3. The summed E-state index contributed by atoms with van der Waals surface area (Å²) in [4.78, 5) is 16.7. The minimum absolute atomic E-state index is 0.230. The second kappa shape index (κ2) is 4.96. The molecule has 0 saturated heterocycles. The van der Waals surface area contributed by atoms with E-state index >= 15 is 0 Å². The van der Waals surface area contributed by atoms with E-state index in [-0.39, 0.29) is 5.91 Å². The van der Waals surface area contributed by atoms with Crippen molar-refractivity contribution >= 4 is 32.6 Å². The zero-order valence-electron chi connectivity index (χ0n) is 12.4. The van der Waals surface area contributed by atoms with Crippen LogP contribution in [0.4, 0.5) is 5.13 Å². The normalized spacial score (nSPS) is 11.0. The smallest absolute Gasteiger partial charge is 0.277 e. The molecule has 0 fully saturated rings. The molecular formula is C15H16N4OS. The van der Waals surface area contributed by atoms with Crippen molar-refractivity contribution in [1.29, 1.82) is 0 Å². The van der Waals surface area contributed by atoms with Gasteiger partial charge in [-0.3, -0.25) is 14.8 Å². The second-order valence-electron chi connectivity index (χ2n) is 5.20. The number of nitrogens with zero attached hydrogens (tertiary/aromatic N) is 3. The topological polar surface area (TPSA) is 59.8 Å². The molecule has 0 aliphatic carbocycles. The van der Waals surface area contributed by atoms with Crippen molar-refractivity contribution < 1.29 is 4.79 Å². The number of amides is 1. The molecule has 3 aromatic rings. The predicted molar refractivity (Wildman–Crippen MR) is 85.0 cm³/mol. The lowest BCUT2D eigenvalue weighted by molar-refractivity contribution is 0.102. The Bertz CT molecular complexity index is 827. The Hall–Kier alpha value is -2.21. The molecule has 0 saturated carbocycles. The van der Waals surface area contributed by atoms with Crippen LogP contribution in [0, 0.1) is 20.8 Å². The number of rotatable bonds is 2. The molecule has 0 atom stereocenters. The van der Waals surface area contributed by atoms with Crippen LogP contribution < -0.4 is 5.32 Å². The first-order valence-corrected chi connectivity index (χ1v) is 7.45. The van der Waals surface area contributed by atoms with E-state index in [1.807, 2.05) is 27.0 Å². The van der Waals surface area contributed by atoms with Crippen LogP contribution in [-0.4, -0.2) is 20.7 Å². The van der Waals surface area contributed by atoms with Crippen LogP contribution in [0.5, 0.6) is 0 Å². The van der Waals surface area contributed by atoms with Gasteiger partial charge in [0.05, 0.1) is 10.2 Å². The van der Waals surface area contributed by atoms with Crippen molar-refractivity contribution in [3.63, 3.8) is 0 Å². The molecular weight excluding hydrogens is 284 g/mol. The van der Waals surface area contributed by atoms with Gasteiger partial charge in [-0.1, -0.05) is 17.4 Å². The molecule has 0 unspecified atom stereocenters. The molecule has 2 aromatic heterocycles. The van der Waals surface area contributed by atoms with Gasteiger partial charge in [0, 0.05) is 12.7 Å². The highest BCUT2D eigenvalue weighted by Gasteiger charge is 2.14. The maximum absolute atomic E-state index is 12.2. The molecule has 0 radical (unpaired) electrons. The van der Waals surface area contributed by atoms with Gasteiger partial charge in [0.15, 0.2) is 10.8 Å². The monoisotopic (exact) mass is 300 g/mol. The van der Waals surface area contributed by atoms with E-state index in [1.165, 1.54) is 22.5 Å². The molecule has 5 nitrogen and oxygen atoms in total. The lowest BCUT2D eigenvalue weighted by Crippen LogP contribution is -2.12. The third kappa shape index (κ3) is 2.54. The number of fused-ring (bicyclic) bond motifs is 1. The zero-order valence-corrected chi connectivity index (χ0v) is 13.2. The standard InChI is InChI=1S/C15H16N4OS/c1-8-5-9(2)13-11(6-8)16-15(21-13)17-14(20)12-7-10(3)19(4)18-12/h5-7H,1-4H3,(H,16,17,20). The summed E-state index contributed by atoms with van der Waals surface area (Å²) in [5.41, 5.74) is 4.61. The number of thiazole rings is 1. The van der Waals surface area contributed by atoms with E-state index in [0.717, 1.165) is 15.9 Å². The van der Waals surface area contributed by atoms with Crippen molar-refractivity contribution in [2.24, 2.45) is 7.05 Å². The first-order valence-electron chi connectivity index (χ1n) is 6.64. The van der Waals surface area contributed by atoms with Crippen LogP contribution in [0.25, 0.3) is 10.2 Å². The van der Waals surface area contributed by atoms with E-state index in [1.54, 1.807) is 10.7 Å². The quantitative estimate of drug-likeness (QED) is 0.790. The number of anilines is 1. The molecule has 0 spiro atoms. The second-order valence-corrected chi connectivity index (χ2v) is 6.20. The van der Waals surface area contributed by atoms with Gasteiger partial charge in [-0.2, -0.15) is 5.10 Å². The minimum atomic E-state index is -0.230. The summed E-state index contributed by atoms with van der Waals surface area (Å²) in [6.07, 6.45) is 0. The molecule has 1 aromatic carbocycles. The molecule has 1 amide bonds. The van der Waals surface area contributed by atoms with E-state index in [2.05, 4.69) is 28.4 Å². The Morgan fingerprint density at radius 2 is 2.00 bits per heavy atom. The Labute approximate surface area is 126 Å². The van der Waals surface area contributed by atoms with Crippen LogP contribution in [0.1, 0.15) is 27.3 Å². The maximum atomic E-state index is 12.2. The van der Waals surface area contributed by atoms with Gasteiger partial charge in [-0.05, 0) is 44.0 Å². The number of carbonyl (C=O) groups excluding carboxylic acids is 1. The van der Waals surface area contributed by atoms with Crippen molar-refractivity contribution in [2.45, 2.75) is 20.8 Å². The average Bonchev–Trinajstić information content (AvgIpc) is 2.94.